The van der Waals surface area contributed by atoms with E-state index in [2.05, 4.69) is 12.2 Å². The van der Waals surface area contributed by atoms with E-state index in [1.807, 2.05) is 7.05 Å². The highest BCUT2D eigenvalue weighted by atomic mass is 35.5. The van der Waals surface area contributed by atoms with Gasteiger partial charge in [-0.05, 0) is 12.2 Å². The van der Waals surface area contributed by atoms with Crippen LogP contribution in [0.15, 0.2) is 0 Å². The average molecular weight is 153 g/mol. The van der Waals surface area contributed by atoms with Crippen LogP contribution in [0.1, 0.15) is 0 Å². The van der Waals surface area contributed by atoms with Crippen LogP contribution in [0, 0.1) is 0 Å². The molecular weight excluding hydrogens is 144 g/mol. The highest BCUT2D eigenvalue weighted by molar-refractivity contribution is 7.83. The SMILES string of the molecule is CN(CCN)C(=S)Cl. The van der Waals surface area contributed by atoms with Gasteiger partial charge in [0, 0.05) is 20.1 Å². The summed E-state index contributed by atoms with van der Waals surface area (Å²) in [7, 11) is 1.81. The van der Waals surface area contributed by atoms with Crippen molar-refractivity contribution >= 4 is 28.3 Å². The Morgan fingerprint density at radius 1 is 1.88 bits per heavy atom. The third-order valence-electron chi connectivity index (χ3n) is 0.765. The fourth-order valence-electron chi connectivity index (χ4n) is 0.282. The zero-order valence-corrected chi connectivity index (χ0v) is 6.30. The van der Waals surface area contributed by atoms with E-state index in [9.17, 15) is 0 Å². The molecule has 0 saturated carbocycles. The lowest BCUT2D eigenvalue weighted by Crippen LogP contribution is -2.27. The molecule has 0 aliphatic carbocycles. The highest BCUT2D eigenvalue weighted by Gasteiger charge is 1.95. The van der Waals surface area contributed by atoms with E-state index in [1.165, 1.54) is 0 Å². The van der Waals surface area contributed by atoms with Crippen LogP contribution in [0.25, 0.3) is 0 Å². The van der Waals surface area contributed by atoms with Crippen molar-refractivity contribution in [3.8, 4) is 0 Å². The smallest absolute Gasteiger partial charge is 0.169 e. The standard InChI is InChI=1S/C4H9ClN2S/c1-7(3-2-6)4(5)8/h2-3,6H2,1H3. The van der Waals surface area contributed by atoms with Crippen molar-refractivity contribution in [3.63, 3.8) is 0 Å². The molecule has 0 fully saturated rings. The topological polar surface area (TPSA) is 29.3 Å². The molecule has 0 rings (SSSR count). The van der Waals surface area contributed by atoms with E-state index >= 15 is 0 Å². The molecule has 0 radical (unpaired) electrons. The van der Waals surface area contributed by atoms with Crippen LogP contribution >= 0.6 is 23.8 Å². The first-order valence-corrected chi connectivity index (χ1v) is 3.07. The van der Waals surface area contributed by atoms with Gasteiger partial charge in [0.15, 0.2) is 4.45 Å². The molecular formula is C4H9ClN2S. The fraction of sp³-hybridized carbons (Fsp3) is 0.750. The summed E-state index contributed by atoms with van der Waals surface area (Å²) in [5.41, 5.74) is 5.21. The molecule has 4 heteroatoms. The lowest BCUT2D eigenvalue weighted by Gasteiger charge is -2.12. The van der Waals surface area contributed by atoms with Crippen molar-refractivity contribution < 1.29 is 0 Å². The van der Waals surface area contributed by atoms with Crippen LogP contribution in [0.5, 0.6) is 0 Å². The molecule has 0 amide bonds. The molecule has 0 aliphatic rings. The maximum Gasteiger partial charge on any atom is 0.169 e. The number of thiocarbonyl (C=S) groups is 1. The third kappa shape index (κ3) is 3.18. The minimum Gasteiger partial charge on any atom is -0.355 e. The number of halogens is 1. The fourth-order valence-corrected chi connectivity index (χ4v) is 0.457. The van der Waals surface area contributed by atoms with Gasteiger partial charge in [0.25, 0.3) is 0 Å². The molecule has 0 saturated heterocycles. The molecule has 2 nitrogen and oxygen atoms in total. The predicted molar refractivity (Wildman–Crippen MR) is 40.1 cm³/mol. The largest absolute Gasteiger partial charge is 0.355 e. The summed E-state index contributed by atoms with van der Waals surface area (Å²) in [5.74, 6) is 0. The summed E-state index contributed by atoms with van der Waals surface area (Å²) in [6.07, 6.45) is 0. The second kappa shape index (κ2) is 4.06. The van der Waals surface area contributed by atoms with Crippen molar-refractivity contribution in [3.05, 3.63) is 0 Å². The zero-order chi connectivity index (χ0) is 6.57. The molecule has 48 valence electrons. The lowest BCUT2D eigenvalue weighted by atomic mass is 10.6. The van der Waals surface area contributed by atoms with Crippen molar-refractivity contribution in [1.29, 1.82) is 0 Å². The number of rotatable bonds is 2. The molecule has 0 spiro atoms. The van der Waals surface area contributed by atoms with Gasteiger partial charge in [-0.25, -0.2) is 0 Å². The van der Waals surface area contributed by atoms with Crippen LogP contribution in [-0.4, -0.2) is 29.5 Å². The van der Waals surface area contributed by atoms with Gasteiger partial charge in [-0.3, -0.25) is 0 Å². The molecule has 0 bridgehead atoms. The van der Waals surface area contributed by atoms with Crippen molar-refractivity contribution in [2.24, 2.45) is 5.73 Å². The van der Waals surface area contributed by atoms with E-state index in [-0.39, 0.29) is 0 Å². The zero-order valence-electron chi connectivity index (χ0n) is 4.72. The molecule has 0 aromatic carbocycles. The normalized spacial score (nSPS) is 8.88. The van der Waals surface area contributed by atoms with Gasteiger partial charge < -0.3 is 10.6 Å². The summed E-state index contributed by atoms with van der Waals surface area (Å²) in [4.78, 5) is 1.72. The Morgan fingerprint density at radius 3 is 2.50 bits per heavy atom. The van der Waals surface area contributed by atoms with Gasteiger partial charge in [-0.15, -0.1) is 0 Å². The van der Waals surface area contributed by atoms with E-state index in [4.69, 9.17) is 17.3 Å². The maximum atomic E-state index is 5.41. The Bertz CT molecular complexity index is 86.1. The Balaban J connectivity index is 3.32. The molecule has 2 N–H and O–H groups in total. The summed E-state index contributed by atoms with van der Waals surface area (Å²) in [6, 6.07) is 0. The van der Waals surface area contributed by atoms with Gasteiger partial charge in [0.1, 0.15) is 0 Å². The van der Waals surface area contributed by atoms with E-state index < -0.39 is 0 Å². The molecule has 0 heterocycles. The monoisotopic (exact) mass is 152 g/mol. The summed E-state index contributed by atoms with van der Waals surface area (Å²) in [6.45, 7) is 1.31. The van der Waals surface area contributed by atoms with Gasteiger partial charge in [0.2, 0.25) is 0 Å². The number of nitrogens with zero attached hydrogens (tertiary/aromatic N) is 1. The predicted octanol–water partition coefficient (Wildman–Crippen LogP) is 0.401. The Hall–Kier alpha value is 0.140. The maximum absolute atomic E-state index is 5.41. The minimum atomic E-state index is 0.371. The molecule has 8 heavy (non-hydrogen) atoms. The minimum absolute atomic E-state index is 0.371. The van der Waals surface area contributed by atoms with Gasteiger partial charge in [0.05, 0.1) is 0 Å². The van der Waals surface area contributed by atoms with Crippen molar-refractivity contribution in [2.75, 3.05) is 20.1 Å². The highest BCUT2D eigenvalue weighted by Crippen LogP contribution is 1.89. The van der Waals surface area contributed by atoms with Crippen LogP contribution in [0.4, 0.5) is 0 Å². The number of hydrogen-bond acceptors (Lipinski definition) is 2. The Kier molecular flexibility index (Phi) is 4.13. The second-order valence-electron chi connectivity index (χ2n) is 1.46. The van der Waals surface area contributed by atoms with Crippen LogP contribution < -0.4 is 5.73 Å². The Labute approximate surface area is 59.6 Å². The summed E-state index contributed by atoms with van der Waals surface area (Å²) >= 11 is 10.0. The van der Waals surface area contributed by atoms with Gasteiger partial charge >= 0.3 is 0 Å². The molecule has 0 aromatic rings. The van der Waals surface area contributed by atoms with Gasteiger partial charge in [-0.2, -0.15) is 0 Å². The van der Waals surface area contributed by atoms with Crippen molar-refractivity contribution in [2.45, 2.75) is 0 Å². The quantitative estimate of drug-likeness (QED) is 0.353. The first-order valence-electron chi connectivity index (χ1n) is 2.29. The average Bonchev–Trinajstić information content (AvgIpc) is 1.67. The van der Waals surface area contributed by atoms with Crippen LogP contribution in [0.3, 0.4) is 0 Å². The third-order valence-corrected chi connectivity index (χ3v) is 1.36. The first-order chi connectivity index (χ1) is 3.68. The number of nitrogens with two attached hydrogens (primary N) is 1. The summed E-state index contributed by atoms with van der Waals surface area (Å²) in [5, 5.41) is 0. The second-order valence-corrected chi connectivity index (χ2v) is 2.43. The van der Waals surface area contributed by atoms with Crippen LogP contribution in [0.2, 0.25) is 0 Å². The first kappa shape index (κ1) is 8.14. The number of hydrogen-bond donors (Lipinski definition) is 1. The van der Waals surface area contributed by atoms with Crippen LogP contribution in [-0.2, 0) is 0 Å². The van der Waals surface area contributed by atoms with Crippen molar-refractivity contribution in [1.82, 2.24) is 4.90 Å². The molecule has 0 atom stereocenters. The van der Waals surface area contributed by atoms with E-state index in [0.717, 1.165) is 6.54 Å². The lowest BCUT2D eigenvalue weighted by molar-refractivity contribution is 0.532. The number of likely N-dealkylation sites (N-methyl/N-ethyl adjacent to an activating group) is 1. The van der Waals surface area contributed by atoms with E-state index in [1.54, 1.807) is 4.90 Å². The molecule has 0 aromatic heterocycles. The summed E-state index contributed by atoms with van der Waals surface area (Å²) < 4.78 is 0.371. The molecule has 0 unspecified atom stereocenters. The van der Waals surface area contributed by atoms with E-state index in [0.29, 0.717) is 11.0 Å². The molecule has 0 aliphatic heterocycles. The Morgan fingerprint density at radius 2 is 2.38 bits per heavy atom. The van der Waals surface area contributed by atoms with Gasteiger partial charge in [-0.1, -0.05) is 11.6 Å².